The zero-order valence-corrected chi connectivity index (χ0v) is 10.6. The lowest BCUT2D eigenvalue weighted by molar-refractivity contribution is 0.0718. The summed E-state index contributed by atoms with van der Waals surface area (Å²) in [5, 5.41) is 0. The van der Waals surface area contributed by atoms with E-state index in [1.165, 1.54) is 25.9 Å². The van der Waals surface area contributed by atoms with Gasteiger partial charge in [-0.15, -0.1) is 0 Å². The van der Waals surface area contributed by atoms with Gasteiger partial charge in [0.05, 0.1) is 0 Å². The van der Waals surface area contributed by atoms with E-state index in [2.05, 4.69) is 39.5 Å². The molecule has 0 spiro atoms. The van der Waals surface area contributed by atoms with Gasteiger partial charge in [-0.2, -0.15) is 0 Å². The average molecular weight is 197 g/mol. The molecule has 0 aromatic rings. The lowest BCUT2D eigenvalue weighted by Crippen LogP contribution is -2.44. The third kappa shape index (κ3) is 2.50. The van der Waals surface area contributed by atoms with E-state index in [-0.39, 0.29) is 0 Å². The number of nitrogens with zero attached hydrogens (tertiary/aromatic N) is 1. The van der Waals surface area contributed by atoms with Crippen molar-refractivity contribution in [3.05, 3.63) is 0 Å². The summed E-state index contributed by atoms with van der Waals surface area (Å²) < 4.78 is 0. The van der Waals surface area contributed by atoms with Crippen LogP contribution in [0.15, 0.2) is 0 Å². The van der Waals surface area contributed by atoms with E-state index in [0.29, 0.717) is 0 Å². The SMILES string of the molecule is CCN(CC)C1CC(C)C(C)CC1C. The minimum atomic E-state index is 0.844. The molecule has 0 amide bonds. The molecule has 14 heavy (non-hydrogen) atoms. The van der Waals surface area contributed by atoms with Gasteiger partial charge >= 0.3 is 0 Å². The van der Waals surface area contributed by atoms with Crippen molar-refractivity contribution in [2.24, 2.45) is 17.8 Å². The molecular formula is C13H27N. The molecule has 0 aromatic heterocycles. The lowest BCUT2D eigenvalue weighted by atomic mass is 9.73. The molecule has 1 aliphatic carbocycles. The first-order valence-electron chi connectivity index (χ1n) is 6.34. The number of hydrogen-bond acceptors (Lipinski definition) is 1. The first-order chi connectivity index (χ1) is 6.60. The Morgan fingerprint density at radius 3 is 1.86 bits per heavy atom. The highest BCUT2D eigenvalue weighted by Gasteiger charge is 2.32. The summed E-state index contributed by atoms with van der Waals surface area (Å²) >= 11 is 0. The van der Waals surface area contributed by atoms with Gasteiger partial charge in [0, 0.05) is 6.04 Å². The third-order valence-corrected chi connectivity index (χ3v) is 4.27. The van der Waals surface area contributed by atoms with Gasteiger partial charge in [0.25, 0.3) is 0 Å². The van der Waals surface area contributed by atoms with E-state index in [9.17, 15) is 0 Å². The van der Waals surface area contributed by atoms with Gasteiger partial charge in [0.1, 0.15) is 0 Å². The van der Waals surface area contributed by atoms with Gasteiger partial charge in [-0.05, 0) is 43.7 Å². The van der Waals surface area contributed by atoms with E-state index < -0.39 is 0 Å². The van der Waals surface area contributed by atoms with Crippen molar-refractivity contribution >= 4 is 0 Å². The second-order valence-corrected chi connectivity index (χ2v) is 5.19. The van der Waals surface area contributed by atoms with Crippen LogP contribution in [0, 0.1) is 17.8 Å². The Labute approximate surface area is 89.9 Å². The van der Waals surface area contributed by atoms with Crippen LogP contribution in [0.4, 0.5) is 0 Å². The van der Waals surface area contributed by atoms with Crippen molar-refractivity contribution < 1.29 is 0 Å². The summed E-state index contributed by atoms with van der Waals surface area (Å²) in [6.45, 7) is 14.3. The molecule has 0 aliphatic heterocycles. The highest BCUT2D eigenvalue weighted by molar-refractivity contribution is 4.85. The second kappa shape index (κ2) is 5.16. The zero-order valence-electron chi connectivity index (χ0n) is 10.6. The van der Waals surface area contributed by atoms with Crippen molar-refractivity contribution in [1.82, 2.24) is 4.90 Å². The number of hydrogen-bond donors (Lipinski definition) is 0. The van der Waals surface area contributed by atoms with E-state index in [1.807, 2.05) is 0 Å². The van der Waals surface area contributed by atoms with Crippen molar-refractivity contribution in [1.29, 1.82) is 0 Å². The highest BCUT2D eigenvalue weighted by Crippen LogP contribution is 2.35. The van der Waals surface area contributed by atoms with Crippen LogP contribution in [0.3, 0.4) is 0 Å². The molecule has 1 saturated carbocycles. The molecule has 0 saturated heterocycles. The summed E-state index contributed by atoms with van der Waals surface area (Å²) in [7, 11) is 0. The Morgan fingerprint density at radius 2 is 1.36 bits per heavy atom. The van der Waals surface area contributed by atoms with Gasteiger partial charge in [0.15, 0.2) is 0 Å². The topological polar surface area (TPSA) is 3.24 Å². The summed E-state index contributed by atoms with van der Waals surface area (Å²) in [6, 6.07) is 0.844. The smallest absolute Gasteiger partial charge is 0.0123 e. The Morgan fingerprint density at radius 1 is 0.857 bits per heavy atom. The fourth-order valence-electron chi connectivity index (χ4n) is 3.02. The molecule has 0 heterocycles. The molecule has 1 heteroatoms. The average Bonchev–Trinajstić information content (AvgIpc) is 2.15. The maximum Gasteiger partial charge on any atom is 0.0123 e. The van der Waals surface area contributed by atoms with Crippen LogP contribution in [0.25, 0.3) is 0 Å². The van der Waals surface area contributed by atoms with E-state index in [1.54, 1.807) is 0 Å². The molecule has 4 unspecified atom stereocenters. The minimum Gasteiger partial charge on any atom is -0.301 e. The second-order valence-electron chi connectivity index (χ2n) is 5.19. The van der Waals surface area contributed by atoms with Crippen LogP contribution in [-0.4, -0.2) is 24.0 Å². The molecule has 84 valence electrons. The summed E-state index contributed by atoms with van der Waals surface area (Å²) in [4.78, 5) is 2.65. The van der Waals surface area contributed by atoms with Crippen LogP contribution < -0.4 is 0 Å². The summed E-state index contributed by atoms with van der Waals surface area (Å²) in [5.74, 6) is 2.73. The van der Waals surface area contributed by atoms with E-state index in [0.717, 1.165) is 23.8 Å². The zero-order chi connectivity index (χ0) is 10.7. The van der Waals surface area contributed by atoms with Crippen LogP contribution in [0.2, 0.25) is 0 Å². The largest absolute Gasteiger partial charge is 0.301 e. The Balaban J connectivity index is 2.59. The van der Waals surface area contributed by atoms with Crippen LogP contribution in [0.1, 0.15) is 47.5 Å². The molecule has 1 nitrogen and oxygen atoms in total. The Bertz CT molecular complexity index is 163. The van der Waals surface area contributed by atoms with Crippen molar-refractivity contribution in [3.8, 4) is 0 Å². The molecule has 0 radical (unpaired) electrons. The third-order valence-electron chi connectivity index (χ3n) is 4.27. The van der Waals surface area contributed by atoms with Crippen LogP contribution in [-0.2, 0) is 0 Å². The van der Waals surface area contributed by atoms with Crippen molar-refractivity contribution in [2.45, 2.75) is 53.5 Å². The van der Waals surface area contributed by atoms with E-state index in [4.69, 9.17) is 0 Å². The maximum absolute atomic E-state index is 2.65. The monoisotopic (exact) mass is 197 g/mol. The predicted octanol–water partition coefficient (Wildman–Crippen LogP) is 3.40. The first-order valence-corrected chi connectivity index (χ1v) is 6.34. The van der Waals surface area contributed by atoms with Gasteiger partial charge < -0.3 is 4.90 Å². The molecular weight excluding hydrogens is 170 g/mol. The molecule has 1 rings (SSSR count). The minimum absolute atomic E-state index is 0.844. The highest BCUT2D eigenvalue weighted by atomic mass is 15.1. The van der Waals surface area contributed by atoms with Crippen molar-refractivity contribution in [3.63, 3.8) is 0 Å². The molecule has 0 aromatic carbocycles. The van der Waals surface area contributed by atoms with Gasteiger partial charge in [-0.1, -0.05) is 34.6 Å². The maximum atomic E-state index is 2.65. The Hall–Kier alpha value is -0.0400. The van der Waals surface area contributed by atoms with Crippen LogP contribution >= 0.6 is 0 Å². The van der Waals surface area contributed by atoms with Gasteiger partial charge in [-0.25, -0.2) is 0 Å². The number of rotatable bonds is 3. The standard InChI is InChI=1S/C13H27N/c1-6-14(7-2)13-9-11(4)10(3)8-12(13)5/h10-13H,6-9H2,1-5H3. The Kier molecular flexibility index (Phi) is 4.43. The fraction of sp³-hybridized carbons (Fsp3) is 1.00. The quantitative estimate of drug-likeness (QED) is 0.670. The van der Waals surface area contributed by atoms with Gasteiger partial charge in [-0.3, -0.25) is 0 Å². The lowest BCUT2D eigenvalue weighted by Gasteiger charge is -2.42. The normalized spacial score (nSPS) is 39.0. The first kappa shape index (κ1) is 12.0. The van der Waals surface area contributed by atoms with Gasteiger partial charge in [0.2, 0.25) is 0 Å². The summed E-state index contributed by atoms with van der Waals surface area (Å²) in [5.41, 5.74) is 0. The fourth-order valence-corrected chi connectivity index (χ4v) is 3.02. The molecule has 4 atom stereocenters. The molecule has 0 bridgehead atoms. The molecule has 0 N–H and O–H groups in total. The predicted molar refractivity (Wildman–Crippen MR) is 63.4 cm³/mol. The molecule has 1 aliphatic rings. The van der Waals surface area contributed by atoms with Crippen molar-refractivity contribution in [2.75, 3.05) is 13.1 Å². The van der Waals surface area contributed by atoms with E-state index >= 15 is 0 Å². The summed E-state index contributed by atoms with van der Waals surface area (Å²) in [6.07, 6.45) is 2.83. The molecule has 1 fully saturated rings. The van der Waals surface area contributed by atoms with Crippen LogP contribution in [0.5, 0.6) is 0 Å².